The molecule has 1 amide bonds. The molecule has 2 bridgehead atoms. The molecule has 6 atom stereocenters. The number of fused-ring (bicyclic) bond motifs is 5. The number of benzene rings is 2. The molecule has 1 saturated heterocycles. The standard InChI is InChI=1S/C36H45ClN2O7S/c1-43-16-17-45-32-6-2-4-27-21-44-15-13-34(27)47(41,42)38-35(40)25-8-12-33-31(19-25)39(20-26-7-10-29(26)32)22-36(23-46-33)14-3-5-24-18-28(37)9-11-30(24)36/h2,6,8-9,11-12,18-19,26-27,29,32,34H,3-5,7,10,13-17,20-23H2,1H3,(H,38,40)/b6-2-/t26-,27+,29+,32-,34+,36-/m0/s1. The fourth-order valence-corrected chi connectivity index (χ4v) is 10.3. The summed E-state index contributed by atoms with van der Waals surface area (Å²) in [6, 6.07) is 11.5. The van der Waals surface area contributed by atoms with Gasteiger partial charge in [0.1, 0.15) is 5.75 Å². The molecule has 3 aliphatic heterocycles. The highest BCUT2D eigenvalue weighted by molar-refractivity contribution is 7.90. The van der Waals surface area contributed by atoms with Crippen molar-refractivity contribution in [2.24, 2.45) is 17.8 Å². The molecule has 254 valence electrons. The van der Waals surface area contributed by atoms with Crippen molar-refractivity contribution in [3.8, 4) is 5.75 Å². The highest BCUT2D eigenvalue weighted by Crippen LogP contribution is 2.47. The third kappa shape index (κ3) is 6.69. The summed E-state index contributed by atoms with van der Waals surface area (Å²) in [5, 5.41) is 0.00802. The van der Waals surface area contributed by atoms with Crippen molar-refractivity contribution in [3.63, 3.8) is 0 Å². The minimum Gasteiger partial charge on any atom is -0.490 e. The zero-order chi connectivity index (χ0) is 32.6. The molecule has 2 aromatic rings. The number of sulfonamides is 1. The summed E-state index contributed by atoms with van der Waals surface area (Å²) in [6.07, 6.45) is 10.0. The highest BCUT2D eigenvalue weighted by Gasteiger charge is 2.45. The molecule has 0 aromatic heterocycles. The number of methoxy groups -OCH3 is 1. The first-order chi connectivity index (χ1) is 22.8. The first kappa shape index (κ1) is 32.9. The van der Waals surface area contributed by atoms with Crippen LogP contribution in [0.1, 0.15) is 60.0 Å². The molecule has 0 radical (unpaired) electrons. The number of halogens is 1. The average molecular weight is 685 g/mol. The Morgan fingerprint density at radius 1 is 1.11 bits per heavy atom. The zero-order valence-corrected chi connectivity index (χ0v) is 28.6. The van der Waals surface area contributed by atoms with Gasteiger partial charge in [-0.05, 0) is 98.2 Å². The monoisotopic (exact) mass is 684 g/mol. The molecule has 1 saturated carbocycles. The van der Waals surface area contributed by atoms with Gasteiger partial charge in [0.25, 0.3) is 5.91 Å². The lowest BCUT2D eigenvalue weighted by Gasteiger charge is -2.46. The normalized spacial score (nSPS) is 32.4. The van der Waals surface area contributed by atoms with E-state index in [1.54, 1.807) is 13.2 Å². The van der Waals surface area contributed by atoms with Crippen LogP contribution < -0.4 is 14.4 Å². The van der Waals surface area contributed by atoms with Gasteiger partial charge in [-0.2, -0.15) is 0 Å². The van der Waals surface area contributed by atoms with Crippen LogP contribution in [0.4, 0.5) is 5.69 Å². The summed E-state index contributed by atoms with van der Waals surface area (Å²) in [7, 11) is -2.29. The SMILES string of the molecule is COCCO[C@H]1/C=C\C[C@@H]2COCC[C@H]2S(=O)(=O)NC(=O)c2ccc3c(c2)N(C[C@@H]2CC[C@H]21)C[C@@]1(CCCc2cc(Cl)ccc21)CO3. The lowest BCUT2D eigenvalue weighted by atomic mass is 9.68. The number of hydrogen-bond donors (Lipinski definition) is 1. The number of ether oxygens (including phenoxy) is 4. The summed E-state index contributed by atoms with van der Waals surface area (Å²) in [6.45, 7) is 3.65. The quantitative estimate of drug-likeness (QED) is 0.342. The maximum absolute atomic E-state index is 13.7. The third-order valence-electron chi connectivity index (χ3n) is 11.1. The number of carbonyl (C=O) groups is 1. The molecular weight excluding hydrogens is 640 g/mol. The first-order valence-electron chi connectivity index (χ1n) is 17.0. The van der Waals surface area contributed by atoms with Gasteiger partial charge in [0, 0.05) is 48.7 Å². The van der Waals surface area contributed by atoms with Gasteiger partial charge in [-0.3, -0.25) is 4.79 Å². The summed E-state index contributed by atoms with van der Waals surface area (Å²) in [5.74, 6) is 0.475. The summed E-state index contributed by atoms with van der Waals surface area (Å²) >= 11 is 6.44. The fraction of sp³-hybridized carbons (Fsp3) is 0.583. The number of nitrogens with zero attached hydrogens (tertiary/aromatic N) is 1. The van der Waals surface area contributed by atoms with Gasteiger partial charge < -0.3 is 23.8 Å². The van der Waals surface area contributed by atoms with Gasteiger partial charge in [-0.15, -0.1) is 0 Å². The predicted molar refractivity (Wildman–Crippen MR) is 181 cm³/mol. The van der Waals surface area contributed by atoms with E-state index < -0.39 is 21.2 Å². The molecule has 47 heavy (non-hydrogen) atoms. The molecule has 7 rings (SSSR count). The molecule has 11 heteroatoms. The Morgan fingerprint density at radius 2 is 2.00 bits per heavy atom. The van der Waals surface area contributed by atoms with Crippen molar-refractivity contribution >= 4 is 33.2 Å². The van der Waals surface area contributed by atoms with Gasteiger partial charge in [0.05, 0.1) is 43.5 Å². The van der Waals surface area contributed by atoms with E-state index in [2.05, 4.69) is 33.9 Å². The Morgan fingerprint density at radius 3 is 2.83 bits per heavy atom. The number of hydrogen-bond acceptors (Lipinski definition) is 8. The fourth-order valence-electron chi connectivity index (χ4n) is 8.44. The van der Waals surface area contributed by atoms with Crippen LogP contribution in [-0.4, -0.2) is 78.9 Å². The van der Waals surface area contributed by atoms with E-state index in [0.29, 0.717) is 69.0 Å². The summed E-state index contributed by atoms with van der Waals surface area (Å²) in [5.41, 5.74) is 3.41. The van der Waals surface area contributed by atoms with Crippen LogP contribution in [-0.2, 0) is 36.1 Å². The molecule has 2 fully saturated rings. The largest absolute Gasteiger partial charge is 0.490 e. The third-order valence-corrected chi connectivity index (χ3v) is 13.2. The molecule has 1 spiro atoms. The molecule has 2 aliphatic carbocycles. The van der Waals surface area contributed by atoms with E-state index in [9.17, 15) is 13.2 Å². The highest BCUT2D eigenvalue weighted by atomic mass is 35.5. The number of anilines is 1. The second kappa shape index (κ2) is 13.7. The van der Waals surface area contributed by atoms with Gasteiger partial charge in [-0.25, -0.2) is 13.1 Å². The van der Waals surface area contributed by atoms with E-state index in [0.717, 1.165) is 55.9 Å². The Kier molecular flexibility index (Phi) is 9.59. The number of aryl methyl sites for hydroxylation is 1. The first-order valence-corrected chi connectivity index (χ1v) is 18.9. The van der Waals surface area contributed by atoms with Crippen LogP contribution in [0.2, 0.25) is 5.02 Å². The van der Waals surface area contributed by atoms with Crippen molar-refractivity contribution in [1.29, 1.82) is 0 Å². The maximum Gasteiger partial charge on any atom is 0.264 e. The van der Waals surface area contributed by atoms with E-state index in [1.807, 2.05) is 18.2 Å². The van der Waals surface area contributed by atoms with Crippen molar-refractivity contribution in [1.82, 2.24) is 4.72 Å². The lowest BCUT2D eigenvalue weighted by Crippen LogP contribution is -2.50. The second-order valence-electron chi connectivity index (χ2n) is 13.9. The van der Waals surface area contributed by atoms with Gasteiger partial charge in [0.15, 0.2) is 0 Å². The second-order valence-corrected chi connectivity index (χ2v) is 16.3. The molecular formula is C36H45ClN2O7S. The number of allylic oxidation sites excluding steroid dienone is 1. The number of rotatable bonds is 4. The summed E-state index contributed by atoms with van der Waals surface area (Å²) in [4.78, 5) is 16.0. The Balaban J connectivity index is 1.29. The minimum atomic E-state index is -3.97. The molecule has 9 nitrogen and oxygen atoms in total. The molecule has 0 unspecified atom stereocenters. The van der Waals surface area contributed by atoms with Crippen LogP contribution in [0, 0.1) is 17.8 Å². The topological polar surface area (TPSA) is 103 Å². The van der Waals surface area contributed by atoms with Crippen molar-refractivity contribution < 1.29 is 32.2 Å². The van der Waals surface area contributed by atoms with Gasteiger partial charge >= 0.3 is 0 Å². The van der Waals surface area contributed by atoms with Crippen LogP contribution in [0.15, 0.2) is 48.6 Å². The number of nitrogens with one attached hydrogen (secondary N) is 1. The maximum atomic E-state index is 13.7. The van der Waals surface area contributed by atoms with Crippen molar-refractivity contribution in [2.75, 3.05) is 58.1 Å². The van der Waals surface area contributed by atoms with Crippen LogP contribution in [0.5, 0.6) is 5.75 Å². The van der Waals surface area contributed by atoms with Crippen LogP contribution in [0.3, 0.4) is 0 Å². The number of amides is 1. The Labute approximate surface area is 283 Å². The average Bonchev–Trinajstić information content (AvgIpc) is 3.19. The van der Waals surface area contributed by atoms with E-state index in [-0.39, 0.29) is 17.4 Å². The van der Waals surface area contributed by atoms with Crippen LogP contribution >= 0.6 is 11.6 Å². The smallest absolute Gasteiger partial charge is 0.264 e. The molecule has 1 N–H and O–H groups in total. The van der Waals surface area contributed by atoms with Crippen molar-refractivity contribution in [3.05, 3.63) is 70.3 Å². The molecule has 5 aliphatic rings. The molecule has 2 aromatic carbocycles. The summed E-state index contributed by atoms with van der Waals surface area (Å²) < 4.78 is 53.8. The lowest BCUT2D eigenvalue weighted by molar-refractivity contribution is -0.0310. The van der Waals surface area contributed by atoms with E-state index >= 15 is 0 Å². The van der Waals surface area contributed by atoms with Gasteiger partial charge in [0.2, 0.25) is 10.0 Å². The van der Waals surface area contributed by atoms with E-state index in [1.165, 1.54) is 11.1 Å². The zero-order valence-electron chi connectivity index (χ0n) is 27.0. The van der Waals surface area contributed by atoms with Gasteiger partial charge in [-0.1, -0.05) is 29.8 Å². The van der Waals surface area contributed by atoms with E-state index in [4.69, 9.17) is 30.5 Å². The number of carbonyl (C=O) groups excluding carboxylic acids is 1. The minimum absolute atomic E-state index is 0.114. The Bertz CT molecular complexity index is 1620. The predicted octanol–water partition coefficient (Wildman–Crippen LogP) is 5.30. The molecule has 3 heterocycles. The van der Waals surface area contributed by atoms with Crippen LogP contribution in [0.25, 0.3) is 0 Å². The van der Waals surface area contributed by atoms with Crippen molar-refractivity contribution in [2.45, 2.75) is 61.7 Å². The Hall–Kier alpha value is -2.63.